The summed E-state index contributed by atoms with van der Waals surface area (Å²) in [6, 6.07) is 20.0. The third-order valence-corrected chi connectivity index (χ3v) is 6.90. The highest BCUT2D eigenvalue weighted by Gasteiger charge is 2.28. The summed E-state index contributed by atoms with van der Waals surface area (Å²) >= 11 is 0. The molecule has 0 saturated heterocycles. The van der Waals surface area contributed by atoms with Gasteiger partial charge in [0.1, 0.15) is 11.5 Å². The third kappa shape index (κ3) is 4.33. The van der Waals surface area contributed by atoms with Crippen LogP contribution in [0.4, 0.5) is 0 Å². The van der Waals surface area contributed by atoms with Crippen molar-refractivity contribution < 1.29 is 17.9 Å². The van der Waals surface area contributed by atoms with E-state index in [-0.39, 0.29) is 10.8 Å². The molecule has 1 N–H and O–H groups in total. The lowest BCUT2D eigenvalue weighted by atomic mass is 9.99. The molecule has 0 saturated carbocycles. The molecule has 1 heterocycles. The standard InChI is InChI=1S/C24H24N2O4S/c1-17-7-5-9-19(15-17)30-22-11-4-3-10-21(22)24(27)26-14-13-20-18(16-26)8-6-12-23(20)31(28,29)25-2/h3-12,15,25H,13-14,16H2,1-2H3. The van der Waals surface area contributed by atoms with Gasteiger partial charge >= 0.3 is 0 Å². The quantitative estimate of drug-likeness (QED) is 0.658. The Morgan fingerprint density at radius 2 is 1.81 bits per heavy atom. The number of hydrogen-bond acceptors (Lipinski definition) is 4. The summed E-state index contributed by atoms with van der Waals surface area (Å²) < 4.78 is 33.1. The lowest BCUT2D eigenvalue weighted by Gasteiger charge is -2.30. The van der Waals surface area contributed by atoms with Gasteiger partial charge in [0.05, 0.1) is 10.5 Å². The predicted octanol–water partition coefficient (Wildman–Crippen LogP) is 3.89. The second-order valence-electron chi connectivity index (χ2n) is 7.49. The van der Waals surface area contributed by atoms with Crippen molar-refractivity contribution in [2.45, 2.75) is 24.8 Å². The van der Waals surface area contributed by atoms with E-state index < -0.39 is 10.0 Å². The number of aryl methyl sites for hydroxylation is 1. The monoisotopic (exact) mass is 436 g/mol. The van der Waals surface area contributed by atoms with Crippen molar-refractivity contribution in [2.75, 3.05) is 13.6 Å². The van der Waals surface area contributed by atoms with Gasteiger partial charge in [-0.1, -0.05) is 36.4 Å². The normalized spacial score (nSPS) is 13.5. The maximum Gasteiger partial charge on any atom is 0.257 e. The third-order valence-electron chi connectivity index (χ3n) is 5.40. The van der Waals surface area contributed by atoms with E-state index in [0.29, 0.717) is 36.6 Å². The molecule has 31 heavy (non-hydrogen) atoms. The zero-order chi connectivity index (χ0) is 22.0. The van der Waals surface area contributed by atoms with Crippen LogP contribution < -0.4 is 9.46 Å². The maximum absolute atomic E-state index is 13.3. The highest BCUT2D eigenvalue weighted by Crippen LogP contribution is 2.30. The van der Waals surface area contributed by atoms with Crippen molar-refractivity contribution in [3.8, 4) is 11.5 Å². The van der Waals surface area contributed by atoms with Gasteiger partial charge in [-0.15, -0.1) is 0 Å². The molecule has 0 fully saturated rings. The van der Waals surface area contributed by atoms with Gasteiger partial charge in [-0.25, -0.2) is 13.1 Å². The minimum atomic E-state index is -3.55. The highest BCUT2D eigenvalue weighted by molar-refractivity contribution is 7.89. The van der Waals surface area contributed by atoms with Gasteiger partial charge in [-0.3, -0.25) is 4.79 Å². The molecule has 160 valence electrons. The summed E-state index contributed by atoms with van der Waals surface area (Å²) in [6.07, 6.45) is 0.471. The van der Waals surface area contributed by atoms with Gasteiger partial charge in [-0.05, 0) is 67.4 Å². The molecular weight excluding hydrogens is 412 g/mol. The average Bonchev–Trinajstić information content (AvgIpc) is 2.78. The van der Waals surface area contributed by atoms with Crippen LogP contribution >= 0.6 is 0 Å². The van der Waals surface area contributed by atoms with E-state index in [0.717, 1.165) is 16.7 Å². The fraction of sp³-hybridized carbons (Fsp3) is 0.208. The molecule has 0 radical (unpaired) electrons. The van der Waals surface area contributed by atoms with E-state index in [2.05, 4.69) is 4.72 Å². The number of carbonyl (C=O) groups excluding carboxylic acids is 1. The van der Waals surface area contributed by atoms with Crippen LogP contribution in [0.15, 0.2) is 71.6 Å². The van der Waals surface area contributed by atoms with Gasteiger partial charge < -0.3 is 9.64 Å². The van der Waals surface area contributed by atoms with Crippen LogP contribution in [0.3, 0.4) is 0 Å². The second-order valence-corrected chi connectivity index (χ2v) is 9.35. The van der Waals surface area contributed by atoms with Crippen molar-refractivity contribution >= 4 is 15.9 Å². The van der Waals surface area contributed by atoms with Crippen molar-refractivity contribution in [1.82, 2.24) is 9.62 Å². The Morgan fingerprint density at radius 3 is 2.58 bits per heavy atom. The lowest BCUT2D eigenvalue weighted by molar-refractivity contribution is 0.0731. The Balaban J connectivity index is 1.61. The Bertz CT molecular complexity index is 1240. The maximum atomic E-state index is 13.3. The van der Waals surface area contributed by atoms with Crippen molar-refractivity contribution in [3.63, 3.8) is 0 Å². The number of hydrogen-bond donors (Lipinski definition) is 1. The van der Waals surface area contributed by atoms with Crippen molar-refractivity contribution in [1.29, 1.82) is 0 Å². The largest absolute Gasteiger partial charge is 0.457 e. The summed E-state index contributed by atoms with van der Waals surface area (Å²) in [5, 5.41) is 0. The number of nitrogens with one attached hydrogen (secondary N) is 1. The number of rotatable bonds is 5. The van der Waals surface area contributed by atoms with Gasteiger partial charge in [-0.2, -0.15) is 0 Å². The molecule has 4 rings (SSSR count). The fourth-order valence-corrected chi connectivity index (χ4v) is 4.85. The average molecular weight is 437 g/mol. The van der Waals surface area contributed by atoms with E-state index in [4.69, 9.17) is 4.74 Å². The predicted molar refractivity (Wildman–Crippen MR) is 119 cm³/mol. The van der Waals surface area contributed by atoms with Gasteiger partial charge in [0.15, 0.2) is 0 Å². The molecule has 3 aromatic rings. The molecule has 7 heteroatoms. The number of sulfonamides is 1. The first-order chi connectivity index (χ1) is 14.9. The first-order valence-corrected chi connectivity index (χ1v) is 11.5. The molecular formula is C24H24N2O4S. The Labute approximate surface area is 182 Å². The summed E-state index contributed by atoms with van der Waals surface area (Å²) in [6.45, 7) is 2.76. The molecule has 1 amide bonds. The van der Waals surface area contributed by atoms with Crippen molar-refractivity contribution in [3.05, 3.63) is 89.0 Å². The highest BCUT2D eigenvalue weighted by atomic mass is 32.2. The smallest absolute Gasteiger partial charge is 0.257 e. The van der Waals surface area contributed by atoms with Crippen LogP contribution in [-0.4, -0.2) is 32.8 Å². The number of ether oxygens (including phenoxy) is 1. The Kier molecular flexibility index (Phi) is 5.80. The van der Waals surface area contributed by atoms with Gasteiger partial charge in [0.2, 0.25) is 10.0 Å². The van der Waals surface area contributed by atoms with Crippen LogP contribution in [0.5, 0.6) is 11.5 Å². The zero-order valence-electron chi connectivity index (χ0n) is 17.5. The number of benzene rings is 3. The Morgan fingerprint density at radius 1 is 1.03 bits per heavy atom. The number of para-hydroxylation sites is 1. The molecule has 0 unspecified atom stereocenters. The molecule has 0 aliphatic carbocycles. The second kappa shape index (κ2) is 8.53. The van der Waals surface area contributed by atoms with E-state index in [1.807, 2.05) is 49.4 Å². The van der Waals surface area contributed by atoms with Crippen LogP contribution in [0.25, 0.3) is 0 Å². The van der Waals surface area contributed by atoms with E-state index in [1.165, 1.54) is 7.05 Å². The first kappa shape index (κ1) is 21.1. The number of fused-ring (bicyclic) bond motifs is 1. The summed E-state index contributed by atoms with van der Waals surface area (Å²) in [7, 11) is -2.15. The molecule has 0 aromatic heterocycles. The lowest BCUT2D eigenvalue weighted by Crippen LogP contribution is -2.37. The van der Waals surface area contributed by atoms with Crippen LogP contribution in [0.1, 0.15) is 27.0 Å². The van der Waals surface area contributed by atoms with Crippen molar-refractivity contribution in [2.24, 2.45) is 0 Å². The minimum Gasteiger partial charge on any atom is -0.457 e. The van der Waals surface area contributed by atoms with Gasteiger partial charge in [0.25, 0.3) is 5.91 Å². The zero-order valence-corrected chi connectivity index (χ0v) is 18.3. The number of amides is 1. The molecule has 3 aromatic carbocycles. The number of nitrogens with zero attached hydrogens (tertiary/aromatic N) is 1. The molecule has 0 atom stereocenters. The first-order valence-electron chi connectivity index (χ1n) is 10.1. The van der Waals surface area contributed by atoms with Crippen LogP contribution in [0, 0.1) is 6.92 Å². The number of carbonyl (C=O) groups is 1. The van der Waals surface area contributed by atoms with Crippen LogP contribution in [0.2, 0.25) is 0 Å². The molecule has 1 aliphatic rings. The summed E-state index contributed by atoms with van der Waals surface area (Å²) in [5.41, 5.74) is 3.16. The van der Waals surface area contributed by atoms with Crippen LogP contribution in [-0.2, 0) is 23.0 Å². The topological polar surface area (TPSA) is 75.7 Å². The molecule has 0 spiro atoms. The van der Waals surface area contributed by atoms with E-state index in [1.54, 1.807) is 29.2 Å². The Hall–Kier alpha value is -3.16. The SMILES string of the molecule is CNS(=O)(=O)c1cccc2c1CCN(C(=O)c1ccccc1Oc1cccc(C)c1)C2. The molecule has 0 bridgehead atoms. The summed E-state index contributed by atoms with van der Waals surface area (Å²) in [4.78, 5) is 15.4. The van der Waals surface area contributed by atoms with Gasteiger partial charge in [0, 0.05) is 13.1 Å². The minimum absolute atomic E-state index is 0.143. The summed E-state index contributed by atoms with van der Waals surface area (Å²) in [5.74, 6) is 1.03. The fourth-order valence-electron chi connectivity index (χ4n) is 3.82. The molecule has 1 aliphatic heterocycles. The molecule has 6 nitrogen and oxygen atoms in total. The van der Waals surface area contributed by atoms with E-state index >= 15 is 0 Å². The van der Waals surface area contributed by atoms with E-state index in [9.17, 15) is 13.2 Å².